The van der Waals surface area contributed by atoms with Crippen LogP contribution in [0.2, 0.25) is 0 Å². The van der Waals surface area contributed by atoms with Gasteiger partial charge in [0, 0.05) is 26.3 Å². The molecule has 0 saturated heterocycles. The van der Waals surface area contributed by atoms with E-state index in [2.05, 4.69) is 17.2 Å². The maximum absolute atomic E-state index is 10.8. The molecule has 2 heteroatoms. The first-order chi connectivity index (χ1) is 6.79. The van der Waals surface area contributed by atoms with Crippen molar-refractivity contribution >= 4 is 5.91 Å². The summed E-state index contributed by atoms with van der Waals surface area (Å²) < 4.78 is 0. The van der Waals surface area contributed by atoms with E-state index in [1.165, 1.54) is 12.8 Å². The number of rotatable bonds is 2. The predicted octanol–water partition coefficient (Wildman–Crippen LogP) is 1.56. The quantitative estimate of drug-likeness (QED) is 0.659. The summed E-state index contributed by atoms with van der Waals surface area (Å²) in [7, 11) is 0. The van der Waals surface area contributed by atoms with Crippen LogP contribution < -0.4 is 5.32 Å². The van der Waals surface area contributed by atoms with Crippen LogP contribution in [-0.4, -0.2) is 12.5 Å². The molecular formula is C12H17NO. The van der Waals surface area contributed by atoms with Gasteiger partial charge in [-0.05, 0) is 30.6 Å². The molecule has 0 aromatic rings. The Morgan fingerprint density at radius 3 is 2.36 bits per heavy atom. The lowest BCUT2D eigenvalue weighted by atomic mass is 10.1. The fourth-order valence-electron chi connectivity index (χ4n) is 2.60. The van der Waals surface area contributed by atoms with Gasteiger partial charge in [0.1, 0.15) is 0 Å². The van der Waals surface area contributed by atoms with Crippen molar-refractivity contribution in [3.63, 3.8) is 0 Å². The summed E-state index contributed by atoms with van der Waals surface area (Å²) in [6, 6.07) is 0. The summed E-state index contributed by atoms with van der Waals surface area (Å²) in [4.78, 5) is 10.8. The molecule has 1 N–H and O–H groups in total. The molecule has 0 aromatic heterocycles. The van der Waals surface area contributed by atoms with E-state index in [1.807, 2.05) is 0 Å². The van der Waals surface area contributed by atoms with Crippen LogP contribution in [0, 0.1) is 29.6 Å². The predicted molar refractivity (Wildman–Crippen MR) is 55.4 cm³/mol. The van der Waals surface area contributed by atoms with Gasteiger partial charge < -0.3 is 5.32 Å². The van der Waals surface area contributed by atoms with E-state index >= 15 is 0 Å². The highest BCUT2D eigenvalue weighted by atomic mass is 16.1. The molecule has 0 radical (unpaired) electrons. The number of hydrogen-bond donors (Lipinski definition) is 1. The van der Waals surface area contributed by atoms with Crippen LogP contribution in [0.5, 0.6) is 0 Å². The number of carbonyl (C=O) groups excluding carboxylic acids is 1. The van der Waals surface area contributed by atoms with Gasteiger partial charge in [0.05, 0.1) is 0 Å². The van der Waals surface area contributed by atoms with Crippen molar-refractivity contribution in [2.24, 2.45) is 17.8 Å². The highest BCUT2D eigenvalue weighted by Crippen LogP contribution is 2.51. The molecule has 1 saturated carbocycles. The fraction of sp³-hybridized carbons (Fsp3) is 0.750. The van der Waals surface area contributed by atoms with E-state index < -0.39 is 0 Å². The lowest BCUT2D eigenvalue weighted by molar-refractivity contribution is -0.119. The second kappa shape index (κ2) is 4.04. The van der Waals surface area contributed by atoms with Gasteiger partial charge in [0.2, 0.25) is 5.91 Å². The lowest BCUT2D eigenvalue weighted by Crippen LogP contribution is -2.23. The lowest BCUT2D eigenvalue weighted by Gasteiger charge is -1.99. The van der Waals surface area contributed by atoms with Gasteiger partial charge in [-0.2, -0.15) is 0 Å². The third-order valence-electron chi connectivity index (χ3n) is 3.43. The van der Waals surface area contributed by atoms with Crippen LogP contribution >= 0.6 is 0 Å². The topological polar surface area (TPSA) is 29.1 Å². The third kappa shape index (κ3) is 2.09. The molecule has 2 nitrogen and oxygen atoms in total. The normalized spacial score (nSPS) is 34.2. The Labute approximate surface area is 85.5 Å². The standard InChI is InChI=1S/C12H17NO/c1-9(14)13-8-12-10-6-4-2-3-5-7-11(10)12/h10-12H,4-8H2,1H3,(H,13,14)/t10-,11+,12?. The molecule has 1 unspecified atom stereocenters. The maximum atomic E-state index is 10.8. The molecule has 0 spiro atoms. The molecule has 0 aromatic carbocycles. The molecule has 0 bridgehead atoms. The van der Waals surface area contributed by atoms with E-state index in [-0.39, 0.29) is 5.91 Å². The van der Waals surface area contributed by atoms with Crippen LogP contribution in [0.25, 0.3) is 0 Å². The number of hydrogen-bond acceptors (Lipinski definition) is 1. The van der Waals surface area contributed by atoms with Gasteiger partial charge in [-0.25, -0.2) is 0 Å². The van der Waals surface area contributed by atoms with Crippen molar-refractivity contribution in [2.75, 3.05) is 6.54 Å². The van der Waals surface area contributed by atoms with Crippen molar-refractivity contribution in [3.05, 3.63) is 0 Å². The molecule has 1 amide bonds. The summed E-state index contributed by atoms with van der Waals surface area (Å²) in [6.07, 6.45) is 4.58. The second-order valence-corrected chi connectivity index (χ2v) is 4.36. The SMILES string of the molecule is CC(=O)NCC1[C@H]2CCC#CCC[C@@H]12. The molecule has 0 aliphatic heterocycles. The highest BCUT2D eigenvalue weighted by Gasteiger charge is 2.48. The minimum atomic E-state index is 0.0977. The number of fused-ring (bicyclic) bond motifs is 1. The van der Waals surface area contributed by atoms with Crippen molar-refractivity contribution in [1.29, 1.82) is 0 Å². The van der Waals surface area contributed by atoms with Crippen LogP contribution in [0.3, 0.4) is 0 Å². The first-order valence-corrected chi connectivity index (χ1v) is 5.49. The van der Waals surface area contributed by atoms with E-state index in [4.69, 9.17) is 0 Å². The Balaban J connectivity index is 1.79. The van der Waals surface area contributed by atoms with Gasteiger partial charge in [-0.15, -0.1) is 11.8 Å². The largest absolute Gasteiger partial charge is 0.356 e. The minimum Gasteiger partial charge on any atom is -0.356 e. The van der Waals surface area contributed by atoms with E-state index in [0.717, 1.165) is 37.1 Å². The Hall–Kier alpha value is -0.970. The number of nitrogens with one attached hydrogen (secondary N) is 1. The van der Waals surface area contributed by atoms with E-state index in [0.29, 0.717) is 0 Å². The highest BCUT2D eigenvalue weighted by molar-refractivity contribution is 5.72. The minimum absolute atomic E-state index is 0.0977. The van der Waals surface area contributed by atoms with Crippen LogP contribution in [0.4, 0.5) is 0 Å². The smallest absolute Gasteiger partial charge is 0.216 e. The fourth-order valence-corrected chi connectivity index (χ4v) is 2.60. The first kappa shape index (κ1) is 9.58. The van der Waals surface area contributed by atoms with Crippen molar-refractivity contribution < 1.29 is 4.79 Å². The van der Waals surface area contributed by atoms with Gasteiger partial charge in [-0.3, -0.25) is 4.79 Å². The zero-order valence-corrected chi connectivity index (χ0v) is 8.68. The molecular weight excluding hydrogens is 174 g/mol. The summed E-state index contributed by atoms with van der Waals surface area (Å²) in [5, 5.41) is 2.92. The number of carbonyl (C=O) groups is 1. The Morgan fingerprint density at radius 1 is 1.29 bits per heavy atom. The Bertz CT molecular complexity index is 268. The molecule has 3 atom stereocenters. The van der Waals surface area contributed by atoms with Crippen LogP contribution in [-0.2, 0) is 4.79 Å². The Kier molecular flexibility index (Phi) is 2.77. The summed E-state index contributed by atoms with van der Waals surface area (Å²) in [5.41, 5.74) is 0. The number of amides is 1. The Morgan fingerprint density at radius 2 is 1.86 bits per heavy atom. The summed E-state index contributed by atoms with van der Waals surface area (Å²) in [5.74, 6) is 8.91. The monoisotopic (exact) mass is 191 g/mol. The van der Waals surface area contributed by atoms with E-state index in [1.54, 1.807) is 6.92 Å². The van der Waals surface area contributed by atoms with Crippen molar-refractivity contribution in [3.8, 4) is 11.8 Å². The van der Waals surface area contributed by atoms with Gasteiger partial charge >= 0.3 is 0 Å². The van der Waals surface area contributed by atoms with Crippen LogP contribution in [0.1, 0.15) is 32.6 Å². The van der Waals surface area contributed by atoms with Gasteiger partial charge in [0.25, 0.3) is 0 Å². The molecule has 0 heterocycles. The molecule has 76 valence electrons. The zero-order valence-electron chi connectivity index (χ0n) is 8.68. The first-order valence-electron chi connectivity index (χ1n) is 5.49. The van der Waals surface area contributed by atoms with Gasteiger partial charge in [0.15, 0.2) is 0 Å². The molecule has 2 rings (SSSR count). The molecule has 1 fully saturated rings. The van der Waals surface area contributed by atoms with Crippen molar-refractivity contribution in [2.45, 2.75) is 32.6 Å². The summed E-state index contributed by atoms with van der Waals surface area (Å²) in [6.45, 7) is 2.47. The summed E-state index contributed by atoms with van der Waals surface area (Å²) >= 11 is 0. The van der Waals surface area contributed by atoms with Gasteiger partial charge in [-0.1, -0.05) is 0 Å². The second-order valence-electron chi connectivity index (χ2n) is 4.36. The molecule has 2 aliphatic carbocycles. The van der Waals surface area contributed by atoms with Crippen molar-refractivity contribution in [1.82, 2.24) is 5.32 Å². The zero-order chi connectivity index (χ0) is 9.97. The molecule has 2 aliphatic rings. The molecule has 14 heavy (non-hydrogen) atoms. The average molecular weight is 191 g/mol. The maximum Gasteiger partial charge on any atom is 0.216 e. The third-order valence-corrected chi connectivity index (χ3v) is 3.43. The van der Waals surface area contributed by atoms with E-state index in [9.17, 15) is 4.79 Å². The van der Waals surface area contributed by atoms with Crippen LogP contribution in [0.15, 0.2) is 0 Å². The average Bonchev–Trinajstić information content (AvgIpc) is 2.72.